The van der Waals surface area contributed by atoms with E-state index in [1.807, 2.05) is 38.2 Å². The normalized spacial score (nSPS) is 18.8. The molecule has 2 aromatic rings. The molecule has 180 valence electrons. The number of hydrogen-bond acceptors (Lipinski definition) is 7. The number of carbonyl (C=O) groups excluding carboxylic acids is 3. The number of nitrogens with zero attached hydrogens (tertiary/aromatic N) is 5. The SMILES string of the molecule is CC1(C)CC(=O)N(c2ccc(OC(=O)N3CCN(CCCc4ccccn4)CC3)nc2)C(=O)C1. The number of carbonyl (C=O) groups is 3. The van der Waals surface area contributed by atoms with Crippen molar-refractivity contribution in [2.75, 3.05) is 37.6 Å². The maximum Gasteiger partial charge on any atom is 0.416 e. The lowest BCUT2D eigenvalue weighted by Crippen LogP contribution is -2.49. The first-order valence-electron chi connectivity index (χ1n) is 11.7. The van der Waals surface area contributed by atoms with E-state index in [4.69, 9.17) is 4.74 Å². The Kier molecular flexibility index (Phi) is 7.21. The Hall–Kier alpha value is -3.33. The van der Waals surface area contributed by atoms with Gasteiger partial charge in [-0.1, -0.05) is 19.9 Å². The predicted molar refractivity (Wildman–Crippen MR) is 126 cm³/mol. The molecule has 4 heterocycles. The van der Waals surface area contributed by atoms with Crippen molar-refractivity contribution in [3.63, 3.8) is 0 Å². The summed E-state index contributed by atoms with van der Waals surface area (Å²) in [4.78, 5) is 51.1. The zero-order valence-electron chi connectivity index (χ0n) is 19.8. The summed E-state index contributed by atoms with van der Waals surface area (Å²) in [7, 11) is 0. The number of rotatable bonds is 6. The van der Waals surface area contributed by atoms with Gasteiger partial charge in [-0.15, -0.1) is 0 Å². The number of piperazine rings is 1. The van der Waals surface area contributed by atoms with Gasteiger partial charge in [-0.2, -0.15) is 0 Å². The van der Waals surface area contributed by atoms with E-state index in [-0.39, 0.29) is 23.1 Å². The number of ether oxygens (including phenoxy) is 1. The number of pyridine rings is 2. The molecule has 0 saturated carbocycles. The highest BCUT2D eigenvalue weighted by Gasteiger charge is 2.38. The van der Waals surface area contributed by atoms with E-state index in [0.29, 0.717) is 31.6 Å². The summed E-state index contributed by atoms with van der Waals surface area (Å²) in [5.41, 5.74) is 1.15. The van der Waals surface area contributed by atoms with Crippen LogP contribution in [0.3, 0.4) is 0 Å². The molecule has 0 spiro atoms. The molecule has 9 heteroatoms. The molecule has 34 heavy (non-hydrogen) atoms. The van der Waals surface area contributed by atoms with Crippen LogP contribution >= 0.6 is 0 Å². The molecule has 0 N–H and O–H groups in total. The van der Waals surface area contributed by atoms with Crippen molar-refractivity contribution < 1.29 is 19.1 Å². The number of aromatic nitrogens is 2. The molecular formula is C25H31N5O4. The molecule has 0 bridgehead atoms. The average Bonchev–Trinajstić information content (AvgIpc) is 2.80. The summed E-state index contributed by atoms with van der Waals surface area (Å²) < 4.78 is 5.42. The number of piperidine rings is 1. The van der Waals surface area contributed by atoms with E-state index >= 15 is 0 Å². The van der Waals surface area contributed by atoms with Gasteiger partial charge in [-0.25, -0.2) is 14.7 Å². The fourth-order valence-electron chi connectivity index (χ4n) is 4.37. The fourth-order valence-corrected chi connectivity index (χ4v) is 4.37. The molecule has 2 aliphatic heterocycles. The summed E-state index contributed by atoms with van der Waals surface area (Å²) >= 11 is 0. The second-order valence-electron chi connectivity index (χ2n) is 9.62. The van der Waals surface area contributed by atoms with Gasteiger partial charge >= 0.3 is 6.09 Å². The van der Waals surface area contributed by atoms with E-state index in [9.17, 15) is 14.4 Å². The highest BCUT2D eigenvalue weighted by molar-refractivity contribution is 6.16. The molecule has 2 saturated heterocycles. The molecule has 4 rings (SSSR count). The van der Waals surface area contributed by atoms with Gasteiger partial charge in [0.05, 0.1) is 11.9 Å². The van der Waals surface area contributed by atoms with Gasteiger partial charge in [0.1, 0.15) is 0 Å². The van der Waals surface area contributed by atoms with Gasteiger partial charge in [0, 0.05) is 57.0 Å². The minimum absolute atomic E-state index is 0.142. The van der Waals surface area contributed by atoms with Crippen molar-refractivity contribution in [2.45, 2.75) is 39.5 Å². The lowest BCUT2D eigenvalue weighted by Gasteiger charge is -2.34. The molecule has 2 aromatic heterocycles. The van der Waals surface area contributed by atoms with Gasteiger partial charge < -0.3 is 9.64 Å². The molecule has 9 nitrogen and oxygen atoms in total. The summed E-state index contributed by atoms with van der Waals surface area (Å²) in [6.07, 6.45) is 5.33. The van der Waals surface area contributed by atoms with Crippen LogP contribution in [0, 0.1) is 5.41 Å². The van der Waals surface area contributed by atoms with Crippen LogP contribution < -0.4 is 9.64 Å². The number of amides is 3. The second-order valence-corrected chi connectivity index (χ2v) is 9.62. The third-order valence-electron chi connectivity index (χ3n) is 6.19. The number of hydrogen-bond donors (Lipinski definition) is 0. The Balaban J connectivity index is 1.23. The van der Waals surface area contributed by atoms with Crippen LogP contribution in [0.25, 0.3) is 0 Å². The monoisotopic (exact) mass is 465 g/mol. The zero-order valence-corrected chi connectivity index (χ0v) is 19.8. The Morgan fingerprint density at radius 2 is 1.74 bits per heavy atom. The molecule has 0 aromatic carbocycles. The van der Waals surface area contributed by atoms with Crippen LogP contribution in [-0.4, -0.2) is 70.4 Å². The van der Waals surface area contributed by atoms with Crippen molar-refractivity contribution in [1.82, 2.24) is 19.8 Å². The van der Waals surface area contributed by atoms with E-state index in [0.717, 1.165) is 43.1 Å². The standard InChI is InChI=1S/C25H31N5O4/c1-25(2)16-22(31)30(23(32)17-25)20-8-9-21(27-18-20)34-24(33)29-14-12-28(13-15-29)11-5-7-19-6-3-4-10-26-19/h3-4,6,8-10,18H,5,7,11-17H2,1-2H3. The lowest BCUT2D eigenvalue weighted by atomic mass is 9.81. The van der Waals surface area contributed by atoms with Crippen LogP contribution in [0.1, 0.15) is 38.8 Å². The molecule has 0 atom stereocenters. The molecule has 2 aliphatic rings. The maximum atomic E-state index is 12.6. The smallest absolute Gasteiger partial charge is 0.391 e. The van der Waals surface area contributed by atoms with Crippen molar-refractivity contribution in [3.05, 3.63) is 48.4 Å². The van der Waals surface area contributed by atoms with Crippen molar-refractivity contribution >= 4 is 23.6 Å². The van der Waals surface area contributed by atoms with Gasteiger partial charge in [0.2, 0.25) is 17.7 Å². The highest BCUT2D eigenvalue weighted by atomic mass is 16.6. The van der Waals surface area contributed by atoms with Crippen LogP contribution in [-0.2, 0) is 16.0 Å². The first kappa shape index (κ1) is 23.8. The van der Waals surface area contributed by atoms with Crippen LogP contribution in [0.4, 0.5) is 10.5 Å². The summed E-state index contributed by atoms with van der Waals surface area (Å²) in [5.74, 6) is -0.347. The summed E-state index contributed by atoms with van der Waals surface area (Å²) in [6.45, 7) is 7.54. The lowest BCUT2D eigenvalue weighted by molar-refractivity contribution is -0.132. The van der Waals surface area contributed by atoms with E-state index in [1.165, 1.54) is 12.3 Å². The first-order chi connectivity index (χ1) is 16.3. The highest BCUT2D eigenvalue weighted by Crippen LogP contribution is 2.34. The Morgan fingerprint density at radius 1 is 1.00 bits per heavy atom. The molecule has 0 unspecified atom stereocenters. The van der Waals surface area contributed by atoms with Gasteiger partial charge in [-0.3, -0.25) is 19.5 Å². The largest absolute Gasteiger partial charge is 0.416 e. The van der Waals surface area contributed by atoms with Crippen molar-refractivity contribution in [3.8, 4) is 5.88 Å². The van der Waals surface area contributed by atoms with E-state index in [2.05, 4.69) is 14.9 Å². The summed E-state index contributed by atoms with van der Waals surface area (Å²) in [5, 5.41) is 0. The van der Waals surface area contributed by atoms with Gasteiger partial charge in [-0.05, 0) is 43.0 Å². The average molecular weight is 466 g/mol. The van der Waals surface area contributed by atoms with E-state index < -0.39 is 6.09 Å². The fraction of sp³-hybridized carbons (Fsp3) is 0.480. The number of anilines is 1. The molecule has 0 aliphatic carbocycles. The van der Waals surface area contributed by atoms with Crippen molar-refractivity contribution in [2.24, 2.45) is 5.41 Å². The minimum Gasteiger partial charge on any atom is -0.391 e. The summed E-state index contributed by atoms with van der Waals surface area (Å²) in [6, 6.07) is 9.06. The predicted octanol–water partition coefficient (Wildman–Crippen LogP) is 2.91. The topological polar surface area (TPSA) is 95.9 Å². The second kappa shape index (κ2) is 10.3. The quantitative estimate of drug-likeness (QED) is 0.605. The Labute approximate surface area is 199 Å². The van der Waals surface area contributed by atoms with E-state index in [1.54, 1.807) is 11.0 Å². The van der Waals surface area contributed by atoms with Crippen LogP contribution in [0.15, 0.2) is 42.7 Å². The van der Waals surface area contributed by atoms with Crippen LogP contribution in [0.2, 0.25) is 0 Å². The van der Waals surface area contributed by atoms with Crippen LogP contribution in [0.5, 0.6) is 5.88 Å². The van der Waals surface area contributed by atoms with Gasteiger partial charge in [0.25, 0.3) is 0 Å². The first-order valence-corrected chi connectivity index (χ1v) is 11.7. The van der Waals surface area contributed by atoms with Crippen molar-refractivity contribution in [1.29, 1.82) is 0 Å². The Bertz CT molecular complexity index is 997. The Morgan fingerprint density at radius 3 is 2.35 bits per heavy atom. The third-order valence-corrected chi connectivity index (χ3v) is 6.19. The number of aryl methyl sites for hydroxylation is 1. The minimum atomic E-state index is -0.444. The zero-order chi connectivity index (χ0) is 24.1. The maximum absolute atomic E-state index is 12.6. The van der Waals surface area contributed by atoms with Gasteiger partial charge in [0.15, 0.2) is 0 Å². The molecular weight excluding hydrogens is 434 g/mol. The molecule has 0 radical (unpaired) electrons. The third kappa shape index (κ3) is 5.96. The molecule has 3 amide bonds. The number of imide groups is 1. The molecule has 2 fully saturated rings.